The maximum Gasteiger partial charge on any atom is 0.246 e. The van der Waals surface area contributed by atoms with Gasteiger partial charge in [-0.3, -0.25) is 19.2 Å². The lowest BCUT2D eigenvalue weighted by Crippen LogP contribution is -2.58. The first-order chi connectivity index (χ1) is 33.0. The predicted octanol–water partition coefficient (Wildman–Crippen LogP) is 4.90. The molecule has 4 heterocycles. The Morgan fingerprint density at radius 1 is 0.681 bits per heavy atom. The second kappa shape index (κ2) is 25.1. The van der Waals surface area contributed by atoms with Crippen molar-refractivity contribution in [3.8, 4) is 0 Å². The van der Waals surface area contributed by atoms with Crippen LogP contribution in [0, 0.1) is 10.8 Å². The Bertz CT molecular complexity index is 1920. The van der Waals surface area contributed by atoms with Crippen LogP contribution in [-0.4, -0.2) is 151 Å². The Hall–Kier alpha value is -3.75. The number of amides is 4. The summed E-state index contributed by atoms with van der Waals surface area (Å²) in [6.07, 6.45) is 2.69. The Morgan fingerprint density at radius 3 is 1.51 bits per heavy atom. The first-order valence-corrected chi connectivity index (χ1v) is 26.9. The number of carbonyl (C=O) groups excluding carboxylic acids is 4. The number of nitrogens with one attached hydrogen (secondary N) is 6. The van der Waals surface area contributed by atoms with E-state index in [9.17, 15) is 19.2 Å². The number of benzene rings is 2. The third-order valence-corrected chi connectivity index (χ3v) is 16.9. The van der Waals surface area contributed by atoms with Crippen molar-refractivity contribution in [3.05, 3.63) is 84.1 Å². The van der Waals surface area contributed by atoms with Crippen LogP contribution in [0.3, 0.4) is 0 Å². The molecule has 2 aromatic rings. The van der Waals surface area contributed by atoms with Crippen LogP contribution in [0.25, 0.3) is 0 Å². The molecule has 4 fully saturated rings. The van der Waals surface area contributed by atoms with Gasteiger partial charge in [-0.15, -0.1) is 23.5 Å². The van der Waals surface area contributed by atoms with Crippen LogP contribution in [-0.2, 0) is 33.4 Å². The minimum atomic E-state index is -0.678. The normalized spacial score (nSPS) is 25.8. The Kier molecular flexibility index (Phi) is 19.8. The van der Waals surface area contributed by atoms with Gasteiger partial charge in [-0.25, -0.2) is 0 Å². The number of thioether (sulfide) groups is 2. The van der Waals surface area contributed by atoms with Crippen molar-refractivity contribution in [1.29, 1.82) is 0 Å². The van der Waals surface area contributed by atoms with E-state index in [-0.39, 0.29) is 72.9 Å². The number of likely N-dealkylation sites (N-methyl/N-ethyl adjacent to an activating group) is 2. The van der Waals surface area contributed by atoms with Crippen molar-refractivity contribution < 1.29 is 33.4 Å². The number of nitrogens with zero attached hydrogens (tertiary/aromatic N) is 2. The number of thiocarbonyl (C=S) groups is 1. The SMILES string of the molecule is C=C(N[C@H]1CCS[C@H]2CC(C)(C)[C@@H](C(=O)N[C@H](COCCOCCOC[C@@H](NC(=O)[C@H]3N4C(=O)[C@@H](NC(=S)[C@H](C)NC)CCS[C@H]4CC3(C)C)c3ccccc3)c3ccccc3)N2C1=O)[C@H](C)NC. The Labute approximate surface area is 423 Å². The fourth-order valence-corrected chi connectivity index (χ4v) is 13.1. The van der Waals surface area contributed by atoms with Crippen molar-refractivity contribution in [2.24, 2.45) is 10.8 Å². The summed E-state index contributed by atoms with van der Waals surface area (Å²) < 4.78 is 18.2. The van der Waals surface area contributed by atoms with E-state index in [1.54, 1.807) is 28.4 Å². The molecule has 0 aliphatic carbocycles. The number of hydrogen-bond donors (Lipinski definition) is 6. The average molecular weight is 1010 g/mol. The second-order valence-electron chi connectivity index (χ2n) is 19.9. The number of fused-ring (bicyclic) bond motifs is 2. The molecule has 18 heteroatoms. The summed E-state index contributed by atoms with van der Waals surface area (Å²) in [4.78, 5) is 61.5. The third kappa shape index (κ3) is 13.8. The van der Waals surface area contributed by atoms with Crippen molar-refractivity contribution in [3.63, 3.8) is 0 Å². The standard InChI is InChI=1S/C51H76N8O7S3/c1-32(52-8)33(2)54-37-20-26-68-41-28-50(4,5)43(58(41)48(37)62)45(60)55-39(35-16-12-10-13-17-35)30-65-24-22-64-23-25-66-31-40(36-18-14-11-15-19-36)56-46(61)44-51(6,7)29-42-59(44)49(63)38(21-27-69-42)57-47(67)34(3)53-9/h10-19,32,34,37-44,52-54H,2,20-31H2,1,3-9H3,(H,55,60)(H,56,61)(H,57,67)/t32-,34-,37-,38-,39+,40+,41-,42-,43+,44+/m0/s1. The highest BCUT2D eigenvalue weighted by molar-refractivity contribution is 8.00. The molecule has 0 saturated carbocycles. The molecule has 4 saturated heterocycles. The molecule has 380 valence electrons. The zero-order chi connectivity index (χ0) is 49.9. The molecule has 0 radical (unpaired) electrons. The molecule has 69 heavy (non-hydrogen) atoms. The van der Waals surface area contributed by atoms with E-state index >= 15 is 0 Å². The molecule has 4 amide bonds. The largest absolute Gasteiger partial charge is 0.377 e. The van der Waals surface area contributed by atoms with E-state index in [1.807, 2.05) is 93.5 Å². The van der Waals surface area contributed by atoms with E-state index in [0.29, 0.717) is 43.9 Å². The van der Waals surface area contributed by atoms with E-state index in [1.165, 1.54) is 0 Å². The highest BCUT2D eigenvalue weighted by Crippen LogP contribution is 2.48. The second-order valence-corrected chi connectivity index (χ2v) is 22.9. The van der Waals surface area contributed by atoms with Crippen LogP contribution in [0.1, 0.15) is 90.4 Å². The zero-order valence-corrected chi connectivity index (χ0v) is 44.2. The van der Waals surface area contributed by atoms with Gasteiger partial charge in [-0.2, -0.15) is 0 Å². The van der Waals surface area contributed by atoms with Gasteiger partial charge in [-0.1, -0.05) is 107 Å². The van der Waals surface area contributed by atoms with Gasteiger partial charge >= 0.3 is 0 Å². The first kappa shape index (κ1) is 54.6. The summed E-state index contributed by atoms with van der Waals surface area (Å²) in [6, 6.07) is 16.1. The number of rotatable bonds is 23. The van der Waals surface area contributed by atoms with Gasteiger partial charge in [0.05, 0.1) is 73.5 Å². The lowest BCUT2D eigenvalue weighted by atomic mass is 9.83. The minimum Gasteiger partial charge on any atom is -0.377 e. The van der Waals surface area contributed by atoms with Crippen LogP contribution in [0.15, 0.2) is 72.9 Å². The van der Waals surface area contributed by atoms with Gasteiger partial charge in [0.1, 0.15) is 24.2 Å². The van der Waals surface area contributed by atoms with Crippen LogP contribution in [0.5, 0.6) is 0 Å². The average Bonchev–Trinajstić information content (AvgIpc) is 3.65. The molecule has 0 bridgehead atoms. The Morgan fingerprint density at radius 2 is 1.09 bits per heavy atom. The number of carbonyl (C=O) groups is 4. The van der Waals surface area contributed by atoms with Gasteiger partial charge in [0, 0.05) is 11.7 Å². The molecular weight excluding hydrogens is 933 g/mol. The smallest absolute Gasteiger partial charge is 0.246 e. The quantitative estimate of drug-likeness (QED) is 0.0656. The molecule has 0 aromatic heterocycles. The fourth-order valence-electron chi connectivity index (χ4n) is 9.71. The topological polar surface area (TPSA) is 175 Å². The molecule has 4 aliphatic rings. The first-order valence-electron chi connectivity index (χ1n) is 24.4. The summed E-state index contributed by atoms with van der Waals surface area (Å²) in [7, 11) is 3.69. The van der Waals surface area contributed by atoms with Crippen molar-refractivity contribution >= 4 is 64.4 Å². The van der Waals surface area contributed by atoms with E-state index in [0.717, 1.165) is 28.3 Å². The van der Waals surface area contributed by atoms with Gasteiger partial charge in [0.15, 0.2) is 0 Å². The molecule has 6 N–H and O–H groups in total. The van der Waals surface area contributed by atoms with Crippen molar-refractivity contribution in [2.75, 3.05) is 65.2 Å². The molecule has 4 aliphatic heterocycles. The molecular formula is C51H76N8O7S3. The summed E-state index contributed by atoms with van der Waals surface area (Å²) in [5.74, 6) is 0.980. The summed E-state index contributed by atoms with van der Waals surface area (Å²) in [6.45, 7) is 17.9. The molecule has 6 rings (SSSR count). The number of hydrogen-bond acceptors (Lipinski definition) is 13. The summed E-state index contributed by atoms with van der Waals surface area (Å²) >= 11 is 9.07. The number of ether oxygens (including phenoxy) is 3. The van der Waals surface area contributed by atoms with Crippen molar-refractivity contribution in [2.45, 2.75) is 126 Å². The van der Waals surface area contributed by atoms with E-state index in [2.05, 4.69) is 66.2 Å². The van der Waals surface area contributed by atoms with Gasteiger partial charge in [0.2, 0.25) is 23.6 Å². The van der Waals surface area contributed by atoms with Gasteiger partial charge < -0.3 is 55.9 Å². The highest BCUT2D eigenvalue weighted by atomic mass is 32.2. The molecule has 0 spiro atoms. The highest BCUT2D eigenvalue weighted by Gasteiger charge is 2.56. The molecule has 2 aromatic carbocycles. The summed E-state index contributed by atoms with van der Waals surface area (Å²) in [5.41, 5.74) is 1.62. The predicted molar refractivity (Wildman–Crippen MR) is 280 cm³/mol. The van der Waals surface area contributed by atoms with Crippen LogP contribution in [0.2, 0.25) is 0 Å². The molecule has 10 atom stereocenters. The maximum atomic E-state index is 14.4. The van der Waals surface area contributed by atoms with E-state index < -0.39 is 47.1 Å². The molecule has 15 nitrogen and oxygen atoms in total. The fraction of sp³-hybridized carbons (Fsp3) is 0.627. The van der Waals surface area contributed by atoms with Gasteiger partial charge in [-0.05, 0) is 87.1 Å². The summed E-state index contributed by atoms with van der Waals surface area (Å²) in [5, 5.41) is 19.3. The monoisotopic (exact) mass is 1010 g/mol. The third-order valence-electron chi connectivity index (χ3n) is 13.9. The maximum absolute atomic E-state index is 14.4. The molecule has 0 unspecified atom stereocenters. The van der Waals surface area contributed by atoms with E-state index in [4.69, 9.17) is 26.4 Å². The lowest BCUT2D eigenvalue weighted by Gasteiger charge is -2.35. The minimum absolute atomic E-state index is 0.0172. The Balaban J connectivity index is 1.00. The van der Waals surface area contributed by atoms with Crippen LogP contribution < -0.4 is 31.9 Å². The van der Waals surface area contributed by atoms with Crippen LogP contribution >= 0.6 is 35.7 Å². The zero-order valence-electron chi connectivity index (χ0n) is 41.7. The van der Waals surface area contributed by atoms with Crippen molar-refractivity contribution in [1.82, 2.24) is 41.7 Å². The lowest BCUT2D eigenvalue weighted by molar-refractivity contribution is -0.143. The van der Waals surface area contributed by atoms with Crippen LogP contribution in [0.4, 0.5) is 0 Å². The van der Waals surface area contributed by atoms with Gasteiger partial charge in [0.25, 0.3) is 0 Å².